The molecule has 0 bridgehead atoms. The molecule has 3 N–H and O–H groups in total. The smallest absolute Gasteiger partial charge is 0.248 e. The normalized spacial score (nSPS) is 19.3. The minimum absolute atomic E-state index is 0.182. The summed E-state index contributed by atoms with van der Waals surface area (Å²) in [4.78, 5) is 11.9. The van der Waals surface area contributed by atoms with Crippen LogP contribution in [0.3, 0.4) is 0 Å². The molecule has 0 saturated heterocycles. The van der Waals surface area contributed by atoms with Crippen LogP contribution < -0.4 is 11.1 Å². The molecular formula is C12H18F2N4O. The molecule has 1 heterocycles. The van der Waals surface area contributed by atoms with Crippen molar-refractivity contribution < 1.29 is 13.6 Å². The predicted octanol–water partition coefficient (Wildman–Crippen LogP) is 1.44. The highest BCUT2D eigenvalue weighted by Gasteiger charge is 2.37. The van der Waals surface area contributed by atoms with Crippen LogP contribution in [0.1, 0.15) is 31.2 Å². The van der Waals surface area contributed by atoms with E-state index in [0.29, 0.717) is 5.82 Å². The Morgan fingerprint density at radius 1 is 1.58 bits per heavy atom. The lowest BCUT2D eigenvalue weighted by Gasteiger charge is -2.27. The van der Waals surface area contributed by atoms with Gasteiger partial charge in [-0.25, -0.2) is 8.78 Å². The maximum atomic E-state index is 13.0. The number of amides is 1. The lowest BCUT2D eigenvalue weighted by Crippen LogP contribution is -2.35. The minimum Gasteiger partial charge on any atom is -0.384 e. The highest BCUT2D eigenvalue weighted by molar-refractivity contribution is 5.78. The summed E-state index contributed by atoms with van der Waals surface area (Å²) in [5, 5.41) is 6.70. The van der Waals surface area contributed by atoms with E-state index >= 15 is 0 Å². The minimum atomic E-state index is -2.61. The van der Waals surface area contributed by atoms with Gasteiger partial charge in [0, 0.05) is 37.9 Å². The van der Waals surface area contributed by atoms with E-state index in [9.17, 15) is 13.6 Å². The lowest BCUT2D eigenvalue weighted by molar-refractivity contribution is -0.129. The first-order valence-corrected chi connectivity index (χ1v) is 6.31. The van der Waals surface area contributed by atoms with Gasteiger partial charge in [0.15, 0.2) is 0 Å². The van der Waals surface area contributed by atoms with E-state index in [-0.39, 0.29) is 44.1 Å². The molecule has 1 fully saturated rings. The second-order valence-electron chi connectivity index (χ2n) is 5.03. The van der Waals surface area contributed by atoms with Crippen molar-refractivity contribution in [1.82, 2.24) is 15.1 Å². The van der Waals surface area contributed by atoms with E-state index in [1.54, 1.807) is 13.2 Å². The van der Waals surface area contributed by atoms with Crippen molar-refractivity contribution in [3.8, 4) is 0 Å². The zero-order valence-electron chi connectivity index (χ0n) is 10.8. The summed E-state index contributed by atoms with van der Waals surface area (Å²) >= 11 is 0. The van der Waals surface area contributed by atoms with Gasteiger partial charge in [0.05, 0.1) is 6.20 Å². The van der Waals surface area contributed by atoms with Crippen LogP contribution >= 0.6 is 0 Å². The molecule has 2 rings (SSSR count). The van der Waals surface area contributed by atoms with Crippen LogP contribution in [0, 0.1) is 5.92 Å². The largest absolute Gasteiger partial charge is 0.384 e. The van der Waals surface area contributed by atoms with Gasteiger partial charge in [-0.3, -0.25) is 9.48 Å². The zero-order valence-corrected chi connectivity index (χ0v) is 10.8. The van der Waals surface area contributed by atoms with E-state index in [4.69, 9.17) is 5.73 Å². The third-order valence-corrected chi connectivity index (χ3v) is 3.61. The average molecular weight is 272 g/mol. The standard InChI is InChI=1S/C12H18F2N4O/c1-18-10(15)9(7-17-18)6-16-11(19)8-2-4-12(13,14)5-3-8/h7-8H,2-6,15H2,1H3,(H,16,19). The van der Waals surface area contributed by atoms with Crippen molar-refractivity contribution in [3.63, 3.8) is 0 Å². The topological polar surface area (TPSA) is 72.9 Å². The Hall–Kier alpha value is -1.66. The average Bonchev–Trinajstić information content (AvgIpc) is 2.67. The van der Waals surface area contributed by atoms with Crippen LogP contribution in [-0.2, 0) is 18.4 Å². The molecule has 0 aliphatic heterocycles. The Morgan fingerprint density at radius 3 is 2.74 bits per heavy atom. The molecule has 7 heteroatoms. The Morgan fingerprint density at radius 2 is 2.21 bits per heavy atom. The number of anilines is 1. The molecule has 0 unspecified atom stereocenters. The molecule has 5 nitrogen and oxygen atoms in total. The van der Waals surface area contributed by atoms with Gasteiger partial charge in [-0.15, -0.1) is 0 Å². The van der Waals surface area contributed by atoms with Crippen molar-refractivity contribution in [2.45, 2.75) is 38.2 Å². The number of alkyl halides is 2. The fraction of sp³-hybridized carbons (Fsp3) is 0.667. The van der Waals surface area contributed by atoms with Crippen molar-refractivity contribution in [1.29, 1.82) is 0 Å². The first-order valence-electron chi connectivity index (χ1n) is 6.31. The summed E-state index contributed by atoms with van der Waals surface area (Å²) in [6, 6.07) is 0. The first kappa shape index (κ1) is 13.8. The number of nitrogens with one attached hydrogen (secondary N) is 1. The highest BCUT2D eigenvalue weighted by atomic mass is 19.3. The molecular weight excluding hydrogens is 254 g/mol. The third-order valence-electron chi connectivity index (χ3n) is 3.61. The molecule has 0 spiro atoms. The summed E-state index contributed by atoms with van der Waals surface area (Å²) in [6.45, 7) is 0.283. The summed E-state index contributed by atoms with van der Waals surface area (Å²) in [5.74, 6) is -2.61. The lowest BCUT2D eigenvalue weighted by atomic mass is 9.86. The molecule has 19 heavy (non-hydrogen) atoms. The maximum Gasteiger partial charge on any atom is 0.248 e. The van der Waals surface area contributed by atoms with Crippen LogP contribution in [0.25, 0.3) is 0 Å². The number of nitrogens with zero attached hydrogens (tertiary/aromatic N) is 2. The molecule has 0 atom stereocenters. The Labute approximate surface area is 110 Å². The second kappa shape index (κ2) is 5.14. The number of carbonyl (C=O) groups is 1. The predicted molar refractivity (Wildman–Crippen MR) is 66.4 cm³/mol. The van der Waals surface area contributed by atoms with Gasteiger partial charge in [-0.1, -0.05) is 0 Å². The van der Waals surface area contributed by atoms with Crippen molar-refractivity contribution in [2.75, 3.05) is 5.73 Å². The Kier molecular flexibility index (Phi) is 3.73. The number of hydrogen-bond acceptors (Lipinski definition) is 3. The SMILES string of the molecule is Cn1ncc(CNC(=O)C2CCC(F)(F)CC2)c1N. The van der Waals surface area contributed by atoms with Gasteiger partial charge in [0.2, 0.25) is 11.8 Å². The number of nitrogen functional groups attached to an aromatic ring is 1. The fourth-order valence-electron chi connectivity index (χ4n) is 2.26. The molecule has 1 amide bonds. The van der Waals surface area contributed by atoms with Gasteiger partial charge in [0.25, 0.3) is 0 Å². The van der Waals surface area contributed by atoms with Crippen LogP contribution in [0.15, 0.2) is 6.20 Å². The number of nitrogens with two attached hydrogens (primary N) is 1. The summed E-state index contributed by atoms with van der Waals surface area (Å²) in [6.07, 6.45) is 1.65. The fourth-order valence-corrected chi connectivity index (χ4v) is 2.26. The Balaban J connectivity index is 1.84. The number of carbonyl (C=O) groups excluding carboxylic acids is 1. The molecule has 1 aliphatic rings. The third kappa shape index (κ3) is 3.21. The van der Waals surface area contributed by atoms with E-state index in [0.717, 1.165) is 5.56 Å². The number of rotatable bonds is 3. The summed E-state index contributed by atoms with van der Waals surface area (Å²) in [7, 11) is 1.71. The molecule has 0 aromatic carbocycles. The molecule has 0 radical (unpaired) electrons. The van der Waals surface area contributed by atoms with Gasteiger partial charge >= 0.3 is 0 Å². The van der Waals surface area contributed by atoms with Crippen LogP contribution in [0.4, 0.5) is 14.6 Å². The van der Waals surface area contributed by atoms with Gasteiger partial charge in [-0.2, -0.15) is 5.10 Å². The van der Waals surface area contributed by atoms with Gasteiger partial charge in [0.1, 0.15) is 5.82 Å². The van der Waals surface area contributed by atoms with Crippen molar-refractivity contribution in [2.24, 2.45) is 13.0 Å². The molecule has 1 aliphatic carbocycles. The number of aryl methyl sites for hydroxylation is 1. The number of hydrogen-bond donors (Lipinski definition) is 2. The van der Waals surface area contributed by atoms with E-state index in [1.165, 1.54) is 4.68 Å². The van der Waals surface area contributed by atoms with E-state index < -0.39 is 5.92 Å². The summed E-state index contributed by atoms with van der Waals surface area (Å²) in [5.41, 5.74) is 6.49. The highest BCUT2D eigenvalue weighted by Crippen LogP contribution is 2.36. The van der Waals surface area contributed by atoms with Crippen LogP contribution in [0.5, 0.6) is 0 Å². The number of aromatic nitrogens is 2. The van der Waals surface area contributed by atoms with Gasteiger partial charge in [-0.05, 0) is 12.8 Å². The van der Waals surface area contributed by atoms with Gasteiger partial charge < -0.3 is 11.1 Å². The molecule has 1 aromatic heterocycles. The summed E-state index contributed by atoms with van der Waals surface area (Å²) < 4.78 is 27.5. The molecule has 1 aromatic rings. The van der Waals surface area contributed by atoms with Crippen LogP contribution in [0.2, 0.25) is 0 Å². The van der Waals surface area contributed by atoms with Crippen LogP contribution in [-0.4, -0.2) is 21.6 Å². The maximum absolute atomic E-state index is 13.0. The first-order chi connectivity index (χ1) is 8.89. The van der Waals surface area contributed by atoms with E-state index in [1.807, 2.05) is 0 Å². The Bertz CT molecular complexity index is 462. The van der Waals surface area contributed by atoms with E-state index in [2.05, 4.69) is 10.4 Å². The zero-order chi connectivity index (χ0) is 14.0. The monoisotopic (exact) mass is 272 g/mol. The quantitative estimate of drug-likeness (QED) is 0.874. The molecule has 1 saturated carbocycles. The second-order valence-corrected chi connectivity index (χ2v) is 5.03. The van der Waals surface area contributed by atoms with Crippen molar-refractivity contribution >= 4 is 11.7 Å². The van der Waals surface area contributed by atoms with Crippen molar-refractivity contribution in [3.05, 3.63) is 11.8 Å². The molecule has 106 valence electrons. The number of halogens is 2.